The Morgan fingerprint density at radius 3 is 2.61 bits per heavy atom. The number of amides is 1. The highest BCUT2D eigenvalue weighted by Crippen LogP contribution is 2.35. The van der Waals surface area contributed by atoms with E-state index in [2.05, 4.69) is 11.4 Å². The molecular weight excluding hydrogens is 462 g/mol. The summed E-state index contributed by atoms with van der Waals surface area (Å²) in [5, 5.41) is 13.0. The van der Waals surface area contributed by atoms with Crippen molar-refractivity contribution in [2.75, 3.05) is 19.6 Å². The van der Waals surface area contributed by atoms with Gasteiger partial charge in [-0.1, -0.05) is 11.6 Å². The smallest absolute Gasteiger partial charge is 0.289 e. The number of benzene rings is 1. The molecule has 0 aliphatic carbocycles. The van der Waals surface area contributed by atoms with Crippen molar-refractivity contribution in [3.63, 3.8) is 0 Å². The Hall–Kier alpha value is -2.01. The topological polar surface area (TPSA) is 101 Å². The number of hydrogen-bond donors (Lipinski definition) is 0. The lowest BCUT2D eigenvalue weighted by Gasteiger charge is -2.38. The van der Waals surface area contributed by atoms with E-state index in [0.717, 1.165) is 12.5 Å². The minimum absolute atomic E-state index is 0.0267. The second-order valence-electron chi connectivity index (χ2n) is 7.81. The fourth-order valence-corrected chi connectivity index (χ4v) is 6.97. The van der Waals surface area contributed by atoms with Gasteiger partial charge in [-0.25, -0.2) is 8.42 Å². The van der Waals surface area contributed by atoms with Crippen LogP contribution in [0, 0.1) is 16.0 Å². The van der Waals surface area contributed by atoms with E-state index >= 15 is 0 Å². The summed E-state index contributed by atoms with van der Waals surface area (Å²) in [5.74, 6) is -0.155. The van der Waals surface area contributed by atoms with Crippen molar-refractivity contribution >= 4 is 44.6 Å². The summed E-state index contributed by atoms with van der Waals surface area (Å²) in [4.78, 5) is 26.6. The van der Waals surface area contributed by atoms with Crippen LogP contribution >= 0.6 is 22.9 Å². The largest absolute Gasteiger partial charge is 0.335 e. The first-order valence-corrected chi connectivity index (χ1v) is 12.7. The molecule has 0 radical (unpaired) electrons. The molecule has 31 heavy (non-hydrogen) atoms. The Balaban J connectivity index is 1.44. The molecular formula is C20H22ClN3O5S2. The molecule has 1 amide bonds. The molecule has 2 aliphatic heterocycles. The lowest BCUT2D eigenvalue weighted by Crippen LogP contribution is -2.46. The average Bonchev–Trinajstić information content (AvgIpc) is 3.23. The van der Waals surface area contributed by atoms with Crippen LogP contribution in [0.25, 0.3) is 0 Å². The zero-order valence-electron chi connectivity index (χ0n) is 16.9. The summed E-state index contributed by atoms with van der Waals surface area (Å²) in [5.41, 5.74) is 0.758. The number of carbonyl (C=O) groups is 1. The number of hydrogen-bond acceptors (Lipinski definition) is 6. The number of nitro groups is 1. The van der Waals surface area contributed by atoms with E-state index in [0.29, 0.717) is 19.4 Å². The van der Waals surface area contributed by atoms with Crippen molar-refractivity contribution in [3.05, 3.63) is 55.2 Å². The van der Waals surface area contributed by atoms with Gasteiger partial charge in [0.05, 0.1) is 15.9 Å². The number of piperidine rings is 1. The number of fused-ring (bicyclic) bond motifs is 1. The van der Waals surface area contributed by atoms with Gasteiger partial charge in [-0.2, -0.15) is 4.31 Å². The first-order chi connectivity index (χ1) is 14.7. The fraction of sp³-hybridized carbons (Fsp3) is 0.450. The number of nitrogens with zero attached hydrogens (tertiary/aromatic N) is 3. The molecule has 1 atom stereocenters. The molecule has 1 saturated heterocycles. The summed E-state index contributed by atoms with van der Waals surface area (Å²) < 4.78 is 27.2. The lowest BCUT2D eigenvalue weighted by molar-refractivity contribution is -0.384. The average molecular weight is 484 g/mol. The third kappa shape index (κ3) is 4.09. The molecule has 11 heteroatoms. The Kier molecular flexibility index (Phi) is 6.08. The first-order valence-electron chi connectivity index (χ1n) is 10.0. The molecule has 3 heterocycles. The number of nitro benzene ring substituents is 1. The summed E-state index contributed by atoms with van der Waals surface area (Å²) in [6.45, 7) is 3.11. The fourth-order valence-electron chi connectivity index (χ4n) is 4.33. The van der Waals surface area contributed by atoms with Crippen LogP contribution in [-0.4, -0.2) is 48.1 Å². The van der Waals surface area contributed by atoms with Gasteiger partial charge in [0.2, 0.25) is 15.9 Å². The summed E-state index contributed by atoms with van der Waals surface area (Å²) in [6.07, 6.45) is 1.70. The van der Waals surface area contributed by atoms with Gasteiger partial charge in [0.1, 0.15) is 5.02 Å². The maximum absolute atomic E-state index is 13.2. The Morgan fingerprint density at radius 1 is 1.23 bits per heavy atom. The minimum atomic E-state index is -3.91. The number of carbonyl (C=O) groups excluding carboxylic acids is 1. The van der Waals surface area contributed by atoms with E-state index in [1.807, 2.05) is 11.8 Å². The predicted molar refractivity (Wildman–Crippen MR) is 118 cm³/mol. The molecule has 0 saturated carbocycles. The first kappa shape index (κ1) is 22.2. The molecule has 4 rings (SSSR count). The summed E-state index contributed by atoms with van der Waals surface area (Å²) in [7, 11) is -3.91. The maximum atomic E-state index is 13.2. The van der Waals surface area contributed by atoms with Crippen LogP contribution in [0.1, 0.15) is 36.2 Å². The highest BCUT2D eigenvalue weighted by molar-refractivity contribution is 7.89. The highest BCUT2D eigenvalue weighted by Gasteiger charge is 2.37. The Labute approximate surface area is 189 Å². The maximum Gasteiger partial charge on any atom is 0.289 e. The van der Waals surface area contributed by atoms with Gasteiger partial charge < -0.3 is 4.90 Å². The molecule has 2 aliphatic rings. The van der Waals surface area contributed by atoms with Crippen LogP contribution in [0.5, 0.6) is 0 Å². The second kappa shape index (κ2) is 8.50. The number of rotatable bonds is 4. The Bertz CT molecular complexity index is 1130. The highest BCUT2D eigenvalue weighted by atomic mass is 35.5. The molecule has 0 spiro atoms. The summed E-state index contributed by atoms with van der Waals surface area (Å²) >= 11 is 7.52. The quantitative estimate of drug-likeness (QED) is 0.485. The van der Waals surface area contributed by atoms with Crippen LogP contribution in [0.4, 0.5) is 5.69 Å². The molecule has 1 fully saturated rings. The van der Waals surface area contributed by atoms with Crippen molar-refractivity contribution in [3.8, 4) is 0 Å². The molecule has 166 valence electrons. The van der Waals surface area contributed by atoms with Crippen LogP contribution in [0.3, 0.4) is 0 Å². The van der Waals surface area contributed by atoms with Gasteiger partial charge in [0.25, 0.3) is 5.69 Å². The molecule has 2 aromatic rings. The van der Waals surface area contributed by atoms with Crippen LogP contribution in [-0.2, 0) is 21.2 Å². The van der Waals surface area contributed by atoms with E-state index < -0.39 is 20.6 Å². The Morgan fingerprint density at radius 2 is 1.94 bits per heavy atom. The van der Waals surface area contributed by atoms with Crippen molar-refractivity contribution in [1.29, 1.82) is 0 Å². The van der Waals surface area contributed by atoms with E-state index in [1.54, 1.807) is 11.3 Å². The molecule has 0 N–H and O–H groups in total. The van der Waals surface area contributed by atoms with Crippen molar-refractivity contribution in [1.82, 2.24) is 9.21 Å². The number of thiophene rings is 1. The van der Waals surface area contributed by atoms with Crippen LogP contribution < -0.4 is 0 Å². The zero-order chi connectivity index (χ0) is 22.3. The van der Waals surface area contributed by atoms with E-state index in [1.165, 1.54) is 26.9 Å². The number of halogens is 1. The van der Waals surface area contributed by atoms with E-state index in [-0.39, 0.29) is 40.9 Å². The predicted octanol–water partition coefficient (Wildman–Crippen LogP) is 3.86. The zero-order valence-corrected chi connectivity index (χ0v) is 19.3. The van der Waals surface area contributed by atoms with Gasteiger partial charge in [-0.3, -0.25) is 14.9 Å². The normalized spacial score (nSPS) is 20.5. The van der Waals surface area contributed by atoms with Crippen molar-refractivity contribution in [2.45, 2.75) is 37.1 Å². The SMILES string of the molecule is C[C@H]1c2ccsc2CCN1C(=O)C1CCN(S(=O)(=O)c2ccc(Cl)c([N+](=O)[O-])c2)CC1. The standard InChI is InChI=1S/C20H22ClN3O5S2/c1-13-16-7-11-30-19(16)6-10-23(13)20(25)14-4-8-22(9-5-14)31(28,29)15-2-3-17(21)18(12-15)24(26)27/h2-3,7,11-14H,4-6,8-10H2,1H3/t13-/m0/s1. The monoisotopic (exact) mass is 483 g/mol. The molecule has 0 unspecified atom stereocenters. The molecule has 1 aromatic heterocycles. The van der Waals surface area contributed by atoms with Gasteiger partial charge >= 0.3 is 0 Å². The van der Waals surface area contributed by atoms with Gasteiger partial charge in [0, 0.05) is 36.5 Å². The van der Waals surface area contributed by atoms with Gasteiger partial charge in [0.15, 0.2) is 0 Å². The van der Waals surface area contributed by atoms with E-state index in [4.69, 9.17) is 11.6 Å². The van der Waals surface area contributed by atoms with Crippen LogP contribution in [0.15, 0.2) is 34.5 Å². The van der Waals surface area contributed by atoms with Crippen molar-refractivity contribution < 1.29 is 18.1 Å². The third-order valence-corrected chi connectivity index (χ3v) is 9.33. The van der Waals surface area contributed by atoms with Crippen LogP contribution in [0.2, 0.25) is 5.02 Å². The van der Waals surface area contributed by atoms with Gasteiger partial charge in [-0.05, 0) is 55.3 Å². The van der Waals surface area contributed by atoms with Gasteiger partial charge in [-0.15, -0.1) is 11.3 Å². The summed E-state index contributed by atoms with van der Waals surface area (Å²) in [6, 6.07) is 5.58. The third-order valence-electron chi connectivity index (χ3n) is 6.12. The molecule has 8 nitrogen and oxygen atoms in total. The second-order valence-corrected chi connectivity index (χ2v) is 11.2. The molecule has 1 aromatic carbocycles. The number of sulfonamides is 1. The molecule has 0 bridgehead atoms. The lowest BCUT2D eigenvalue weighted by atomic mass is 9.93. The van der Waals surface area contributed by atoms with Crippen molar-refractivity contribution in [2.24, 2.45) is 5.92 Å². The minimum Gasteiger partial charge on any atom is -0.335 e. The van der Waals surface area contributed by atoms with E-state index in [9.17, 15) is 23.3 Å².